The Balaban J connectivity index is 2.03. The topological polar surface area (TPSA) is 64.1 Å². The predicted octanol–water partition coefficient (Wildman–Crippen LogP) is 2.46. The number of imidazole rings is 1. The highest BCUT2D eigenvalue weighted by Crippen LogP contribution is 2.24. The molecule has 98 valence electrons. The van der Waals surface area contributed by atoms with Gasteiger partial charge in [0, 0.05) is 5.56 Å². The fraction of sp³-hybridized carbons (Fsp3) is 0.286. The van der Waals surface area contributed by atoms with Crippen molar-refractivity contribution in [3.05, 3.63) is 37.0 Å². The quantitative estimate of drug-likeness (QED) is 0.782. The zero-order chi connectivity index (χ0) is 13.5. The Bertz CT molecular complexity index is 693. The Morgan fingerprint density at radius 1 is 1.32 bits per heavy atom. The smallest absolute Gasteiger partial charge is 0.131 e. The first-order valence-electron chi connectivity index (χ1n) is 6.10. The predicted molar refractivity (Wildman–Crippen MR) is 71.5 cm³/mol. The van der Waals surface area contributed by atoms with E-state index in [0.29, 0.717) is 6.54 Å². The van der Waals surface area contributed by atoms with Gasteiger partial charge in [-0.2, -0.15) is 0 Å². The number of fused-ring (bicyclic) bond motifs is 1. The summed E-state index contributed by atoms with van der Waals surface area (Å²) in [7, 11) is 0. The molecule has 0 saturated heterocycles. The molecule has 0 bridgehead atoms. The number of nitrogens with zero attached hydrogens (tertiary/aromatic N) is 3. The van der Waals surface area contributed by atoms with Crippen LogP contribution < -0.4 is 0 Å². The molecule has 1 aromatic carbocycles. The van der Waals surface area contributed by atoms with Crippen LogP contribution in [0.15, 0.2) is 41.5 Å². The first-order valence-corrected chi connectivity index (χ1v) is 6.10. The highest BCUT2D eigenvalue weighted by molar-refractivity contribution is 5.81. The summed E-state index contributed by atoms with van der Waals surface area (Å²) < 4.78 is 6.79. The summed E-state index contributed by atoms with van der Waals surface area (Å²) in [5.74, 6) is 0. The molecule has 3 rings (SSSR count). The lowest BCUT2D eigenvalue weighted by atomic mass is 10.1. The summed E-state index contributed by atoms with van der Waals surface area (Å²) >= 11 is 0. The highest BCUT2D eigenvalue weighted by Gasteiger charge is 2.15. The van der Waals surface area contributed by atoms with Crippen LogP contribution in [0.25, 0.3) is 22.2 Å². The molecule has 0 spiro atoms. The average Bonchev–Trinajstić information content (AvgIpc) is 2.96. The maximum atomic E-state index is 9.88. The second kappa shape index (κ2) is 4.20. The Kier molecular flexibility index (Phi) is 2.64. The van der Waals surface area contributed by atoms with Gasteiger partial charge >= 0.3 is 0 Å². The van der Waals surface area contributed by atoms with E-state index in [1.807, 2.05) is 22.8 Å². The van der Waals surface area contributed by atoms with Gasteiger partial charge in [0.15, 0.2) is 0 Å². The maximum Gasteiger partial charge on any atom is 0.131 e. The molecule has 0 aliphatic carbocycles. The molecule has 5 nitrogen and oxygen atoms in total. The van der Waals surface area contributed by atoms with Gasteiger partial charge < -0.3 is 14.2 Å². The van der Waals surface area contributed by atoms with Crippen LogP contribution in [0.4, 0.5) is 0 Å². The molecule has 5 heteroatoms. The third-order valence-corrected chi connectivity index (χ3v) is 2.94. The number of aliphatic hydroxyl groups is 1. The van der Waals surface area contributed by atoms with Gasteiger partial charge in [-0.3, -0.25) is 0 Å². The van der Waals surface area contributed by atoms with Crippen LogP contribution in [0.1, 0.15) is 13.8 Å². The van der Waals surface area contributed by atoms with Crippen molar-refractivity contribution in [1.29, 1.82) is 0 Å². The number of hydrogen-bond donors (Lipinski definition) is 1. The summed E-state index contributed by atoms with van der Waals surface area (Å²) in [5, 5.41) is 13.6. The average molecular weight is 257 g/mol. The van der Waals surface area contributed by atoms with Crippen molar-refractivity contribution in [2.24, 2.45) is 0 Å². The minimum atomic E-state index is -0.763. The summed E-state index contributed by atoms with van der Waals surface area (Å²) in [4.78, 5) is 4.37. The van der Waals surface area contributed by atoms with Crippen molar-refractivity contribution in [2.45, 2.75) is 26.0 Å². The molecule has 0 atom stereocenters. The molecule has 0 aliphatic heterocycles. The third-order valence-electron chi connectivity index (χ3n) is 2.94. The number of rotatable bonds is 3. The third kappa shape index (κ3) is 2.37. The van der Waals surface area contributed by atoms with Gasteiger partial charge in [0.1, 0.15) is 6.26 Å². The first-order chi connectivity index (χ1) is 9.03. The molecule has 0 fully saturated rings. The number of hydrogen-bond acceptors (Lipinski definition) is 4. The molecule has 19 heavy (non-hydrogen) atoms. The number of aromatic nitrogens is 3. The van der Waals surface area contributed by atoms with E-state index in [2.05, 4.69) is 10.1 Å². The van der Waals surface area contributed by atoms with Crippen LogP contribution in [0.5, 0.6) is 0 Å². The van der Waals surface area contributed by atoms with Crippen molar-refractivity contribution < 1.29 is 9.63 Å². The first kappa shape index (κ1) is 11.9. The monoisotopic (exact) mass is 257 g/mol. The second-order valence-electron chi connectivity index (χ2n) is 5.30. The van der Waals surface area contributed by atoms with Crippen LogP contribution in [0, 0.1) is 0 Å². The van der Waals surface area contributed by atoms with E-state index >= 15 is 0 Å². The molecule has 2 aromatic heterocycles. The lowest BCUT2D eigenvalue weighted by Gasteiger charge is -2.18. The van der Waals surface area contributed by atoms with Gasteiger partial charge in [0.05, 0.1) is 35.7 Å². The summed E-state index contributed by atoms with van der Waals surface area (Å²) in [6, 6.07) is 5.98. The van der Waals surface area contributed by atoms with E-state index in [4.69, 9.17) is 4.52 Å². The molecule has 0 amide bonds. The minimum Gasteiger partial charge on any atom is -0.389 e. The Labute approximate surface area is 110 Å². The molecule has 0 unspecified atom stereocenters. The van der Waals surface area contributed by atoms with Gasteiger partial charge in [-0.25, -0.2) is 4.98 Å². The van der Waals surface area contributed by atoms with Crippen LogP contribution >= 0.6 is 0 Å². The Morgan fingerprint density at radius 2 is 2.16 bits per heavy atom. The van der Waals surface area contributed by atoms with E-state index < -0.39 is 5.60 Å². The molecule has 0 radical (unpaired) electrons. The zero-order valence-electron chi connectivity index (χ0n) is 10.9. The van der Waals surface area contributed by atoms with Crippen LogP contribution in [-0.4, -0.2) is 25.4 Å². The largest absolute Gasteiger partial charge is 0.389 e. The minimum absolute atomic E-state index is 0.510. The molecular formula is C14H15N3O2. The van der Waals surface area contributed by atoms with Crippen LogP contribution in [-0.2, 0) is 6.54 Å². The SMILES string of the molecule is CC(C)(O)Cn1cnc2cc(-c3cnoc3)ccc21. The fourth-order valence-corrected chi connectivity index (χ4v) is 2.13. The van der Waals surface area contributed by atoms with E-state index in [0.717, 1.165) is 22.2 Å². The van der Waals surface area contributed by atoms with E-state index in [9.17, 15) is 5.11 Å². The summed E-state index contributed by atoms with van der Waals surface area (Å²) in [5.41, 5.74) is 3.08. The normalized spacial score (nSPS) is 12.2. The van der Waals surface area contributed by atoms with E-state index in [-0.39, 0.29) is 0 Å². The lowest BCUT2D eigenvalue weighted by Crippen LogP contribution is -2.25. The fourth-order valence-electron chi connectivity index (χ4n) is 2.13. The molecule has 3 aromatic rings. The highest BCUT2D eigenvalue weighted by atomic mass is 16.5. The molecule has 0 saturated carbocycles. The van der Waals surface area contributed by atoms with Gasteiger partial charge in [-0.05, 0) is 31.5 Å². The van der Waals surface area contributed by atoms with E-state index in [1.54, 1.807) is 32.6 Å². The van der Waals surface area contributed by atoms with Gasteiger partial charge in [0.2, 0.25) is 0 Å². The molecule has 1 N–H and O–H groups in total. The second-order valence-corrected chi connectivity index (χ2v) is 5.30. The Morgan fingerprint density at radius 3 is 2.84 bits per heavy atom. The van der Waals surface area contributed by atoms with Gasteiger partial charge in [0.25, 0.3) is 0 Å². The summed E-state index contributed by atoms with van der Waals surface area (Å²) in [6.45, 7) is 4.07. The maximum absolute atomic E-state index is 9.88. The zero-order valence-corrected chi connectivity index (χ0v) is 10.9. The molecular weight excluding hydrogens is 242 g/mol. The van der Waals surface area contributed by atoms with Gasteiger partial charge in [-0.15, -0.1) is 0 Å². The van der Waals surface area contributed by atoms with Crippen LogP contribution in [0.2, 0.25) is 0 Å². The standard InChI is InChI=1S/C14H15N3O2/c1-14(2,18)8-17-9-15-12-5-10(3-4-13(12)17)11-6-16-19-7-11/h3-7,9,18H,8H2,1-2H3. The summed E-state index contributed by atoms with van der Waals surface area (Å²) in [6.07, 6.45) is 5.03. The number of benzene rings is 1. The molecule has 2 heterocycles. The lowest BCUT2D eigenvalue weighted by molar-refractivity contribution is 0.0627. The van der Waals surface area contributed by atoms with Crippen LogP contribution in [0.3, 0.4) is 0 Å². The van der Waals surface area contributed by atoms with Crippen molar-refractivity contribution in [3.63, 3.8) is 0 Å². The van der Waals surface area contributed by atoms with Crippen molar-refractivity contribution in [1.82, 2.24) is 14.7 Å². The Hall–Kier alpha value is -2.14. The molecule has 0 aliphatic rings. The van der Waals surface area contributed by atoms with Crippen molar-refractivity contribution in [3.8, 4) is 11.1 Å². The van der Waals surface area contributed by atoms with Crippen molar-refractivity contribution in [2.75, 3.05) is 0 Å². The van der Waals surface area contributed by atoms with Crippen molar-refractivity contribution >= 4 is 11.0 Å². The van der Waals surface area contributed by atoms with Gasteiger partial charge in [-0.1, -0.05) is 11.2 Å². The van der Waals surface area contributed by atoms with E-state index in [1.165, 1.54) is 0 Å².